The zero-order valence-corrected chi connectivity index (χ0v) is 12.4. The standard InChI is InChI=1S/C18H21N3/c1-21-18-10-6-5-9-16(18)17(20-21)12-11-15(13-19)14-7-3-2-4-8-14/h2-10,15H,11-13,19H2,1H3. The molecule has 0 amide bonds. The fraction of sp³-hybridized carbons (Fsp3) is 0.278. The van der Waals surface area contributed by atoms with E-state index >= 15 is 0 Å². The van der Waals surface area contributed by atoms with Gasteiger partial charge in [-0.2, -0.15) is 5.10 Å². The van der Waals surface area contributed by atoms with E-state index in [0.29, 0.717) is 12.5 Å². The van der Waals surface area contributed by atoms with Gasteiger partial charge in [-0.15, -0.1) is 0 Å². The number of aryl methyl sites for hydroxylation is 2. The minimum atomic E-state index is 0.395. The van der Waals surface area contributed by atoms with Crippen LogP contribution in [0, 0.1) is 0 Å². The van der Waals surface area contributed by atoms with Gasteiger partial charge in [-0.3, -0.25) is 4.68 Å². The van der Waals surface area contributed by atoms with Crippen molar-refractivity contribution < 1.29 is 0 Å². The largest absolute Gasteiger partial charge is 0.330 e. The molecule has 0 radical (unpaired) electrons. The van der Waals surface area contributed by atoms with Crippen LogP contribution in [0.5, 0.6) is 0 Å². The quantitative estimate of drug-likeness (QED) is 0.779. The maximum atomic E-state index is 5.96. The zero-order chi connectivity index (χ0) is 14.7. The van der Waals surface area contributed by atoms with Crippen LogP contribution in [0.25, 0.3) is 10.9 Å². The highest BCUT2D eigenvalue weighted by Gasteiger charge is 2.13. The van der Waals surface area contributed by atoms with Crippen LogP contribution in [0.2, 0.25) is 0 Å². The zero-order valence-electron chi connectivity index (χ0n) is 12.4. The molecule has 1 atom stereocenters. The lowest BCUT2D eigenvalue weighted by Gasteiger charge is -2.14. The second kappa shape index (κ2) is 6.10. The molecule has 0 bridgehead atoms. The average molecular weight is 279 g/mol. The second-order valence-corrected chi connectivity index (χ2v) is 5.47. The number of aromatic nitrogens is 2. The van der Waals surface area contributed by atoms with Gasteiger partial charge in [-0.25, -0.2) is 0 Å². The van der Waals surface area contributed by atoms with Gasteiger partial charge in [0.25, 0.3) is 0 Å². The third-order valence-electron chi connectivity index (χ3n) is 4.12. The van der Waals surface area contributed by atoms with E-state index < -0.39 is 0 Å². The number of para-hydroxylation sites is 1. The molecule has 3 aromatic rings. The Labute approximate surface area is 125 Å². The van der Waals surface area contributed by atoms with Gasteiger partial charge in [0.2, 0.25) is 0 Å². The number of benzene rings is 2. The predicted octanol–water partition coefficient (Wildman–Crippen LogP) is 3.25. The van der Waals surface area contributed by atoms with Crippen LogP contribution in [0.15, 0.2) is 54.6 Å². The lowest BCUT2D eigenvalue weighted by molar-refractivity contribution is 0.621. The van der Waals surface area contributed by atoms with Crippen molar-refractivity contribution in [3.63, 3.8) is 0 Å². The Bertz CT molecular complexity index is 716. The molecule has 2 N–H and O–H groups in total. The van der Waals surface area contributed by atoms with Crippen molar-refractivity contribution in [3.05, 3.63) is 65.9 Å². The van der Waals surface area contributed by atoms with Crippen LogP contribution in [-0.2, 0) is 13.5 Å². The molecule has 3 rings (SSSR count). The van der Waals surface area contributed by atoms with Crippen molar-refractivity contribution >= 4 is 10.9 Å². The molecular formula is C18H21N3. The summed E-state index contributed by atoms with van der Waals surface area (Å²) in [6.07, 6.45) is 1.99. The van der Waals surface area contributed by atoms with E-state index in [-0.39, 0.29) is 0 Å². The topological polar surface area (TPSA) is 43.8 Å². The lowest BCUT2D eigenvalue weighted by atomic mass is 9.93. The molecule has 2 aromatic carbocycles. The summed E-state index contributed by atoms with van der Waals surface area (Å²) in [5.74, 6) is 0.395. The highest BCUT2D eigenvalue weighted by Crippen LogP contribution is 2.24. The van der Waals surface area contributed by atoms with Crippen LogP contribution >= 0.6 is 0 Å². The molecular weight excluding hydrogens is 258 g/mol. The van der Waals surface area contributed by atoms with Crippen LogP contribution in [0.4, 0.5) is 0 Å². The van der Waals surface area contributed by atoms with Gasteiger partial charge in [0.15, 0.2) is 0 Å². The number of nitrogens with zero attached hydrogens (tertiary/aromatic N) is 2. The fourth-order valence-corrected chi connectivity index (χ4v) is 2.93. The minimum Gasteiger partial charge on any atom is -0.330 e. The molecule has 1 heterocycles. The minimum absolute atomic E-state index is 0.395. The molecule has 0 saturated carbocycles. The highest BCUT2D eigenvalue weighted by molar-refractivity contribution is 5.81. The average Bonchev–Trinajstić information content (AvgIpc) is 2.86. The fourth-order valence-electron chi connectivity index (χ4n) is 2.93. The van der Waals surface area contributed by atoms with Crippen molar-refractivity contribution in [3.8, 4) is 0 Å². The number of rotatable bonds is 5. The van der Waals surface area contributed by atoms with Crippen molar-refractivity contribution in [1.82, 2.24) is 9.78 Å². The Balaban J connectivity index is 1.80. The Hall–Kier alpha value is -2.13. The van der Waals surface area contributed by atoms with Crippen molar-refractivity contribution in [2.75, 3.05) is 6.54 Å². The Morgan fingerprint density at radius 3 is 2.52 bits per heavy atom. The smallest absolute Gasteiger partial charge is 0.0703 e. The molecule has 0 aliphatic carbocycles. The first-order valence-electron chi connectivity index (χ1n) is 7.45. The van der Waals surface area contributed by atoms with Gasteiger partial charge >= 0.3 is 0 Å². The van der Waals surface area contributed by atoms with E-state index in [0.717, 1.165) is 12.8 Å². The van der Waals surface area contributed by atoms with Crippen LogP contribution < -0.4 is 5.73 Å². The maximum Gasteiger partial charge on any atom is 0.0703 e. The Morgan fingerprint density at radius 2 is 1.76 bits per heavy atom. The summed E-state index contributed by atoms with van der Waals surface area (Å²) >= 11 is 0. The molecule has 3 nitrogen and oxygen atoms in total. The van der Waals surface area contributed by atoms with Gasteiger partial charge < -0.3 is 5.73 Å². The van der Waals surface area contributed by atoms with Gasteiger partial charge in [0, 0.05) is 12.4 Å². The molecule has 21 heavy (non-hydrogen) atoms. The normalized spacial score (nSPS) is 12.7. The monoisotopic (exact) mass is 279 g/mol. The van der Waals surface area contributed by atoms with Crippen molar-refractivity contribution in [2.24, 2.45) is 12.8 Å². The molecule has 108 valence electrons. The molecule has 1 unspecified atom stereocenters. The summed E-state index contributed by atoms with van der Waals surface area (Å²) in [4.78, 5) is 0. The van der Waals surface area contributed by atoms with E-state index in [4.69, 9.17) is 5.73 Å². The van der Waals surface area contributed by atoms with Gasteiger partial charge in [0.05, 0.1) is 11.2 Å². The van der Waals surface area contributed by atoms with E-state index in [1.807, 2.05) is 17.8 Å². The van der Waals surface area contributed by atoms with Gasteiger partial charge in [0.1, 0.15) is 0 Å². The first-order valence-corrected chi connectivity index (χ1v) is 7.45. The van der Waals surface area contributed by atoms with Crippen molar-refractivity contribution in [1.29, 1.82) is 0 Å². The van der Waals surface area contributed by atoms with Gasteiger partial charge in [-0.05, 0) is 36.9 Å². The number of hydrogen-bond donors (Lipinski definition) is 1. The summed E-state index contributed by atoms with van der Waals surface area (Å²) in [6.45, 7) is 0.675. The Kier molecular flexibility index (Phi) is 4.02. The third kappa shape index (κ3) is 2.83. The van der Waals surface area contributed by atoms with Crippen molar-refractivity contribution in [2.45, 2.75) is 18.8 Å². The summed E-state index contributed by atoms with van der Waals surface area (Å²) < 4.78 is 1.96. The lowest BCUT2D eigenvalue weighted by Crippen LogP contribution is -2.13. The molecule has 0 aliphatic heterocycles. The van der Waals surface area contributed by atoms with Crippen LogP contribution in [0.3, 0.4) is 0 Å². The second-order valence-electron chi connectivity index (χ2n) is 5.47. The molecule has 3 heteroatoms. The molecule has 0 spiro atoms. The molecule has 0 aliphatic rings. The molecule has 0 fully saturated rings. The summed E-state index contributed by atoms with van der Waals surface area (Å²) in [5, 5.41) is 5.92. The summed E-state index contributed by atoms with van der Waals surface area (Å²) in [5.41, 5.74) is 9.64. The third-order valence-corrected chi connectivity index (χ3v) is 4.12. The first-order chi connectivity index (χ1) is 10.3. The van der Waals surface area contributed by atoms with Crippen LogP contribution in [0.1, 0.15) is 23.6 Å². The Morgan fingerprint density at radius 1 is 1.05 bits per heavy atom. The SMILES string of the molecule is Cn1nc(CCC(CN)c2ccccc2)c2ccccc21. The molecule has 1 aromatic heterocycles. The summed E-state index contributed by atoms with van der Waals surface area (Å²) in [6, 6.07) is 18.9. The number of nitrogens with two attached hydrogens (primary N) is 1. The predicted molar refractivity (Wildman–Crippen MR) is 87.3 cm³/mol. The maximum absolute atomic E-state index is 5.96. The van der Waals surface area contributed by atoms with Crippen LogP contribution in [-0.4, -0.2) is 16.3 Å². The molecule has 0 saturated heterocycles. The number of fused-ring (bicyclic) bond motifs is 1. The van der Waals surface area contributed by atoms with E-state index in [1.54, 1.807) is 0 Å². The number of hydrogen-bond acceptors (Lipinski definition) is 2. The highest BCUT2D eigenvalue weighted by atomic mass is 15.3. The summed E-state index contributed by atoms with van der Waals surface area (Å²) in [7, 11) is 2.00. The van der Waals surface area contributed by atoms with E-state index in [9.17, 15) is 0 Å². The van der Waals surface area contributed by atoms with E-state index in [1.165, 1.54) is 22.2 Å². The first kappa shape index (κ1) is 13.8. The van der Waals surface area contributed by atoms with E-state index in [2.05, 4.69) is 53.6 Å². The van der Waals surface area contributed by atoms with Gasteiger partial charge in [-0.1, -0.05) is 48.5 Å².